The van der Waals surface area contributed by atoms with Gasteiger partial charge in [-0.15, -0.1) is 0 Å². The molecule has 0 bridgehead atoms. The maximum absolute atomic E-state index is 9.75. The number of epoxide rings is 2. The molecule has 8 heteroatoms. The van der Waals surface area contributed by atoms with E-state index in [1.54, 1.807) is 13.8 Å². The van der Waals surface area contributed by atoms with Crippen molar-refractivity contribution in [2.24, 2.45) is 10.2 Å². The van der Waals surface area contributed by atoms with E-state index in [1.165, 1.54) is 0 Å². The normalized spacial score (nSPS) is 28.4. The first-order valence-electron chi connectivity index (χ1n) is 9.18. The number of nitriles is 2. The van der Waals surface area contributed by atoms with Crippen molar-refractivity contribution in [3.05, 3.63) is 0 Å². The summed E-state index contributed by atoms with van der Waals surface area (Å²) in [4.78, 5) is 0. The number of rotatable bonds is 12. The quantitative estimate of drug-likeness (QED) is 0.388. The van der Waals surface area contributed by atoms with E-state index in [9.17, 15) is 10.5 Å². The number of hydrogen-bond acceptors (Lipinski definition) is 8. The van der Waals surface area contributed by atoms with Crippen molar-refractivity contribution in [3.63, 3.8) is 0 Å². The summed E-state index contributed by atoms with van der Waals surface area (Å²) in [6, 6.07) is 4.47. The number of nitrogens with zero attached hydrogens (tertiary/aromatic N) is 4. The summed E-state index contributed by atoms with van der Waals surface area (Å²) in [5.74, 6) is 0. The standard InChI is InChI=1S/C18H28N4O4/c1-5-17(11-19,13(3)23-7-15-9-25-15)21-22-18(6-2,12-20)14(4)24-8-16-10-26-16/h13-16H,5-10H2,1-4H3/b22-21+. The van der Waals surface area contributed by atoms with Crippen LogP contribution >= 0.6 is 0 Å². The van der Waals surface area contributed by atoms with E-state index in [0.29, 0.717) is 39.3 Å². The van der Waals surface area contributed by atoms with Crippen molar-refractivity contribution in [2.45, 2.75) is 76.0 Å². The summed E-state index contributed by atoms with van der Waals surface area (Å²) in [6.45, 7) is 9.56. The fourth-order valence-corrected chi connectivity index (χ4v) is 2.55. The van der Waals surface area contributed by atoms with Gasteiger partial charge in [-0.25, -0.2) is 0 Å². The first-order valence-corrected chi connectivity index (χ1v) is 9.18. The molecule has 26 heavy (non-hydrogen) atoms. The SMILES string of the molecule is CCC(C#N)(/N=N/C(C#N)(CC)C(C)OCC1CO1)C(C)OCC1CO1. The van der Waals surface area contributed by atoms with Gasteiger partial charge in [0.2, 0.25) is 0 Å². The molecular formula is C18H28N4O4. The van der Waals surface area contributed by atoms with E-state index in [4.69, 9.17) is 18.9 Å². The summed E-state index contributed by atoms with van der Waals surface area (Å²) < 4.78 is 21.8. The third kappa shape index (κ3) is 4.99. The average Bonchev–Trinajstić information content (AvgIpc) is 3.57. The Morgan fingerprint density at radius 3 is 1.50 bits per heavy atom. The number of hydrogen-bond donors (Lipinski definition) is 0. The predicted octanol–water partition coefficient (Wildman–Crippen LogP) is 2.39. The average molecular weight is 364 g/mol. The minimum atomic E-state index is -1.15. The molecule has 6 atom stereocenters. The van der Waals surface area contributed by atoms with Gasteiger partial charge in [0.25, 0.3) is 0 Å². The van der Waals surface area contributed by atoms with Gasteiger partial charge in [-0.3, -0.25) is 0 Å². The van der Waals surface area contributed by atoms with Crippen LogP contribution in [-0.4, -0.2) is 61.9 Å². The van der Waals surface area contributed by atoms with Crippen LogP contribution in [0.2, 0.25) is 0 Å². The maximum Gasteiger partial charge on any atom is 0.192 e. The van der Waals surface area contributed by atoms with Gasteiger partial charge in [-0.2, -0.15) is 20.8 Å². The van der Waals surface area contributed by atoms with Crippen LogP contribution in [0.1, 0.15) is 40.5 Å². The van der Waals surface area contributed by atoms with Gasteiger partial charge in [-0.05, 0) is 26.7 Å². The fraction of sp³-hybridized carbons (Fsp3) is 0.889. The van der Waals surface area contributed by atoms with Crippen molar-refractivity contribution in [1.82, 2.24) is 0 Å². The van der Waals surface area contributed by atoms with Crippen LogP contribution in [0.3, 0.4) is 0 Å². The van der Waals surface area contributed by atoms with Gasteiger partial charge in [0.05, 0.1) is 50.8 Å². The molecule has 2 saturated heterocycles. The molecule has 2 aliphatic rings. The molecule has 0 spiro atoms. The minimum Gasteiger partial charge on any atom is -0.372 e. The molecule has 2 aliphatic heterocycles. The molecule has 0 aliphatic carbocycles. The molecule has 0 aromatic carbocycles. The largest absolute Gasteiger partial charge is 0.372 e. The fourth-order valence-electron chi connectivity index (χ4n) is 2.55. The zero-order valence-electron chi connectivity index (χ0n) is 16.0. The second-order valence-corrected chi connectivity index (χ2v) is 6.84. The highest BCUT2D eigenvalue weighted by Crippen LogP contribution is 2.30. The number of azo groups is 1. The third-order valence-corrected chi connectivity index (χ3v) is 5.09. The second kappa shape index (κ2) is 8.88. The molecule has 6 unspecified atom stereocenters. The monoisotopic (exact) mass is 364 g/mol. The minimum absolute atomic E-state index is 0.106. The lowest BCUT2D eigenvalue weighted by Crippen LogP contribution is -2.42. The molecule has 2 fully saturated rings. The van der Waals surface area contributed by atoms with Crippen LogP contribution in [0.25, 0.3) is 0 Å². The van der Waals surface area contributed by atoms with E-state index >= 15 is 0 Å². The van der Waals surface area contributed by atoms with E-state index in [2.05, 4.69) is 22.4 Å². The zero-order chi connectivity index (χ0) is 19.2. The van der Waals surface area contributed by atoms with E-state index < -0.39 is 23.3 Å². The topological polar surface area (TPSA) is 116 Å². The Hall–Kier alpha value is -1.58. The Kier molecular flexibility index (Phi) is 7.08. The summed E-state index contributed by atoms with van der Waals surface area (Å²) in [5.41, 5.74) is -2.29. The highest BCUT2D eigenvalue weighted by Gasteiger charge is 2.42. The van der Waals surface area contributed by atoms with Crippen LogP contribution in [0.4, 0.5) is 0 Å². The molecule has 2 rings (SSSR count). The van der Waals surface area contributed by atoms with Crippen molar-refractivity contribution in [3.8, 4) is 12.1 Å². The highest BCUT2D eigenvalue weighted by molar-refractivity contribution is 5.14. The maximum atomic E-state index is 9.75. The lowest BCUT2D eigenvalue weighted by atomic mass is 9.91. The van der Waals surface area contributed by atoms with Crippen LogP contribution in [0.15, 0.2) is 10.2 Å². The van der Waals surface area contributed by atoms with Crippen LogP contribution in [0.5, 0.6) is 0 Å². The van der Waals surface area contributed by atoms with Crippen LogP contribution < -0.4 is 0 Å². The third-order valence-electron chi connectivity index (χ3n) is 5.09. The van der Waals surface area contributed by atoms with Gasteiger partial charge < -0.3 is 18.9 Å². The molecular weight excluding hydrogens is 336 g/mol. The van der Waals surface area contributed by atoms with Crippen LogP contribution in [-0.2, 0) is 18.9 Å². The Balaban J connectivity index is 2.11. The van der Waals surface area contributed by atoms with Crippen LogP contribution in [0, 0.1) is 22.7 Å². The van der Waals surface area contributed by atoms with E-state index in [0.717, 1.165) is 0 Å². The van der Waals surface area contributed by atoms with Gasteiger partial charge in [0.1, 0.15) is 12.2 Å². The molecule has 0 radical (unpaired) electrons. The van der Waals surface area contributed by atoms with Crippen molar-refractivity contribution >= 4 is 0 Å². The lowest BCUT2D eigenvalue weighted by molar-refractivity contribution is 0.00695. The lowest BCUT2D eigenvalue weighted by Gasteiger charge is -2.30. The first kappa shape index (κ1) is 20.7. The first-order chi connectivity index (χ1) is 12.4. The van der Waals surface area contributed by atoms with Crippen molar-refractivity contribution in [1.29, 1.82) is 10.5 Å². The molecule has 0 aromatic heterocycles. The summed E-state index contributed by atoms with van der Waals surface area (Å²) in [7, 11) is 0. The summed E-state index contributed by atoms with van der Waals surface area (Å²) >= 11 is 0. The Morgan fingerprint density at radius 1 is 0.923 bits per heavy atom. The molecule has 144 valence electrons. The highest BCUT2D eigenvalue weighted by atomic mass is 16.6. The van der Waals surface area contributed by atoms with Crippen molar-refractivity contribution < 1.29 is 18.9 Å². The molecule has 0 amide bonds. The Bertz CT molecular complexity index is 529. The van der Waals surface area contributed by atoms with E-state index in [1.807, 2.05) is 13.8 Å². The van der Waals surface area contributed by atoms with Gasteiger partial charge in [0, 0.05) is 0 Å². The zero-order valence-corrected chi connectivity index (χ0v) is 16.0. The molecule has 8 nitrogen and oxygen atoms in total. The smallest absolute Gasteiger partial charge is 0.192 e. The van der Waals surface area contributed by atoms with Gasteiger partial charge in [-0.1, -0.05) is 13.8 Å². The van der Waals surface area contributed by atoms with Crippen molar-refractivity contribution in [2.75, 3.05) is 26.4 Å². The molecule has 0 aromatic rings. The van der Waals surface area contributed by atoms with E-state index in [-0.39, 0.29) is 12.2 Å². The van der Waals surface area contributed by atoms with Gasteiger partial charge in [0.15, 0.2) is 11.1 Å². The summed E-state index contributed by atoms with van der Waals surface area (Å²) in [5, 5.41) is 28.2. The predicted molar refractivity (Wildman–Crippen MR) is 92.4 cm³/mol. The molecule has 0 saturated carbocycles. The number of ether oxygens (including phenoxy) is 4. The Morgan fingerprint density at radius 2 is 1.27 bits per heavy atom. The Labute approximate surface area is 155 Å². The molecule has 2 heterocycles. The second-order valence-electron chi connectivity index (χ2n) is 6.84. The van der Waals surface area contributed by atoms with Gasteiger partial charge >= 0.3 is 0 Å². The summed E-state index contributed by atoms with van der Waals surface area (Å²) in [6.07, 6.45) is 0.139. The molecule has 0 N–H and O–H groups in total.